The Morgan fingerprint density at radius 1 is 0.286 bits per heavy atom. The monoisotopic (exact) mass is 368 g/mol. The molecule has 0 aromatic rings. The van der Waals surface area contributed by atoms with Gasteiger partial charge in [0.05, 0.1) is 0 Å². The summed E-state index contributed by atoms with van der Waals surface area (Å²) < 4.78 is 0. The average Bonchev–Trinajstić information content (AvgIpc) is 3.39. The lowest BCUT2D eigenvalue weighted by Crippen LogP contribution is -2.64. The van der Waals surface area contributed by atoms with Crippen molar-refractivity contribution in [3.05, 3.63) is 12.2 Å². The molecule has 13 aliphatic carbocycles. The van der Waals surface area contributed by atoms with Crippen LogP contribution in [-0.4, -0.2) is 0 Å². The number of rotatable bonds is 0. The zero-order valence-electron chi connectivity index (χ0n) is 16.7. The summed E-state index contributed by atoms with van der Waals surface area (Å²) in [5, 5.41) is 0. The highest BCUT2D eigenvalue weighted by molar-refractivity contribution is 5.35. The molecule has 0 atom stereocenters. The van der Waals surface area contributed by atoms with E-state index in [0.717, 1.165) is 11.8 Å². The molecule has 144 valence electrons. The molecular formula is C28H32. The van der Waals surface area contributed by atoms with Crippen molar-refractivity contribution in [1.29, 1.82) is 0 Å². The minimum Gasteiger partial charge on any atom is -0.0848 e. The molecule has 0 heterocycles. The van der Waals surface area contributed by atoms with E-state index < -0.39 is 0 Å². The van der Waals surface area contributed by atoms with Crippen LogP contribution in [0, 0.1) is 130 Å². The van der Waals surface area contributed by atoms with Crippen LogP contribution in [0.3, 0.4) is 0 Å². The second-order valence-electron chi connectivity index (χ2n) is 14.7. The number of hydrogen-bond acceptors (Lipinski definition) is 0. The summed E-state index contributed by atoms with van der Waals surface area (Å²) in [6.07, 6.45) is 12.1. The van der Waals surface area contributed by atoms with Crippen molar-refractivity contribution in [2.24, 2.45) is 130 Å². The summed E-state index contributed by atoms with van der Waals surface area (Å²) in [4.78, 5) is 0. The van der Waals surface area contributed by atoms with E-state index in [2.05, 4.69) is 12.2 Å². The topological polar surface area (TPSA) is 0 Å². The second-order valence-corrected chi connectivity index (χ2v) is 14.7. The molecular weight excluding hydrogens is 336 g/mol. The summed E-state index contributed by atoms with van der Waals surface area (Å²) in [6, 6.07) is 0. The Morgan fingerprint density at radius 2 is 0.536 bits per heavy atom. The SMILES string of the molecule is C1=C[C@H]2C[C@@H]1[C@H]1[C@@H]2[C@@H]2[C@@H]3C[C@@H]([C@H]4[C@@H]5[C@@H]6C[C@@H]([C@H]7[C@@H]8C9CC%10[C@@H]8[C@H]%10[C@H]9[C@@H]67)[C@@H]5[C@@H]34)[C@H]12. The fraction of sp³-hybridized carbons (Fsp3) is 0.929. The first-order valence-electron chi connectivity index (χ1n) is 13.6. The zero-order chi connectivity index (χ0) is 16.9. The highest BCUT2D eigenvalue weighted by Crippen LogP contribution is 2.92. The van der Waals surface area contributed by atoms with Crippen LogP contribution in [0.15, 0.2) is 12.2 Å². The second kappa shape index (κ2) is 3.44. The van der Waals surface area contributed by atoms with Gasteiger partial charge >= 0.3 is 0 Å². The van der Waals surface area contributed by atoms with Crippen molar-refractivity contribution >= 4 is 0 Å². The molecule has 0 aliphatic heterocycles. The first-order chi connectivity index (χ1) is 13.9. The third-order valence-electron chi connectivity index (χ3n) is 15.8. The number of hydrogen-bond donors (Lipinski definition) is 0. The molecule has 28 heavy (non-hydrogen) atoms. The van der Waals surface area contributed by atoms with E-state index in [-0.39, 0.29) is 0 Å². The first-order valence-corrected chi connectivity index (χ1v) is 13.6. The molecule has 0 N–H and O–H groups in total. The predicted molar refractivity (Wildman–Crippen MR) is 104 cm³/mol. The molecule has 13 aliphatic rings. The highest BCUT2D eigenvalue weighted by atomic mass is 14.9. The maximum Gasteiger partial charge on any atom is -0.0194 e. The van der Waals surface area contributed by atoms with E-state index in [0.29, 0.717) is 0 Å². The van der Waals surface area contributed by atoms with E-state index in [1.165, 1.54) is 118 Å². The summed E-state index contributed by atoms with van der Waals surface area (Å²) in [5.41, 5.74) is 0. The summed E-state index contributed by atoms with van der Waals surface area (Å²) >= 11 is 0. The molecule has 0 saturated heterocycles. The van der Waals surface area contributed by atoms with Gasteiger partial charge in [0.15, 0.2) is 0 Å². The Morgan fingerprint density at radius 3 is 0.821 bits per heavy atom. The van der Waals surface area contributed by atoms with Crippen molar-refractivity contribution in [3.8, 4) is 0 Å². The van der Waals surface area contributed by atoms with Gasteiger partial charge in [0.1, 0.15) is 0 Å². The van der Waals surface area contributed by atoms with E-state index >= 15 is 0 Å². The van der Waals surface area contributed by atoms with Crippen LogP contribution in [-0.2, 0) is 0 Å². The lowest BCUT2D eigenvalue weighted by atomic mass is 9.37. The fourth-order valence-corrected chi connectivity index (χ4v) is 16.6. The van der Waals surface area contributed by atoms with Crippen LogP contribution in [0.1, 0.15) is 25.7 Å². The van der Waals surface area contributed by atoms with Crippen LogP contribution < -0.4 is 0 Å². The minimum atomic E-state index is 1.04. The summed E-state index contributed by atoms with van der Waals surface area (Å²) in [5.74, 6) is 27.2. The maximum atomic E-state index is 2.67. The van der Waals surface area contributed by atoms with Crippen molar-refractivity contribution in [1.82, 2.24) is 0 Å². The first kappa shape index (κ1) is 13.2. The third kappa shape index (κ3) is 0.922. The van der Waals surface area contributed by atoms with Crippen molar-refractivity contribution < 1.29 is 0 Å². The van der Waals surface area contributed by atoms with E-state index in [1.54, 1.807) is 25.7 Å². The fourth-order valence-electron chi connectivity index (χ4n) is 16.6. The van der Waals surface area contributed by atoms with Gasteiger partial charge in [-0.3, -0.25) is 0 Å². The molecule has 0 nitrogen and oxygen atoms in total. The molecule has 13 rings (SSSR count). The largest absolute Gasteiger partial charge is 0.0848 e. The van der Waals surface area contributed by atoms with Crippen molar-refractivity contribution in [2.75, 3.05) is 0 Å². The highest BCUT2D eigenvalue weighted by Gasteiger charge is 2.87. The molecule has 0 amide bonds. The van der Waals surface area contributed by atoms with Gasteiger partial charge in [0.2, 0.25) is 0 Å². The van der Waals surface area contributed by atoms with Gasteiger partial charge in [0.25, 0.3) is 0 Å². The molecule has 0 unspecified atom stereocenters. The lowest BCUT2D eigenvalue weighted by Gasteiger charge is -2.67. The van der Waals surface area contributed by atoms with Gasteiger partial charge in [-0.2, -0.15) is 0 Å². The molecule has 0 radical (unpaired) electrons. The Labute approximate surface area is 168 Å². The minimum absolute atomic E-state index is 1.04. The molecule has 12 fully saturated rings. The van der Waals surface area contributed by atoms with Gasteiger partial charge < -0.3 is 0 Å². The molecule has 12 saturated carbocycles. The molecule has 0 aromatic heterocycles. The van der Waals surface area contributed by atoms with Crippen LogP contribution in [0.25, 0.3) is 0 Å². The quantitative estimate of drug-likeness (QED) is 0.425. The maximum absolute atomic E-state index is 2.67. The van der Waals surface area contributed by atoms with Crippen LogP contribution >= 0.6 is 0 Å². The Bertz CT molecular complexity index is 862. The van der Waals surface area contributed by atoms with E-state index in [4.69, 9.17) is 0 Å². The Kier molecular flexibility index (Phi) is 1.62. The van der Waals surface area contributed by atoms with Crippen LogP contribution in [0.2, 0.25) is 0 Å². The zero-order valence-corrected chi connectivity index (χ0v) is 16.7. The predicted octanol–water partition coefficient (Wildman–Crippen LogP) is 4.82. The standard InChI is InChI=1S/C28H32/c1-2-8-3-7(1)15-16(8)18-10-4-9(17(15)18)19-20(10)22-12-5-11(21(19)22)23-24(12)26-13-6-14-27(25(13)23)28(14)26/h1-2,7-28H,3-6H2/t7-,8+,9-,10+,11+,12-,13?,14?,15+,16-,17-,18+,19-,20+,21+,22-,23+,24-,25-,26+,27-,28+. The van der Waals surface area contributed by atoms with Crippen molar-refractivity contribution in [2.45, 2.75) is 25.7 Å². The Balaban J connectivity index is 0.974. The normalized spacial score (nSPS) is 89.4. The summed E-state index contributed by atoms with van der Waals surface area (Å²) in [6.45, 7) is 0. The van der Waals surface area contributed by atoms with Gasteiger partial charge in [0, 0.05) is 0 Å². The molecule has 0 heteroatoms. The lowest BCUT2D eigenvalue weighted by molar-refractivity contribution is -0.206. The van der Waals surface area contributed by atoms with E-state index in [1.807, 2.05) is 0 Å². The van der Waals surface area contributed by atoms with Crippen molar-refractivity contribution in [3.63, 3.8) is 0 Å². The van der Waals surface area contributed by atoms with E-state index in [9.17, 15) is 0 Å². The number of allylic oxidation sites excluding steroid dienone is 2. The van der Waals surface area contributed by atoms with Crippen LogP contribution in [0.4, 0.5) is 0 Å². The van der Waals surface area contributed by atoms with Crippen LogP contribution in [0.5, 0.6) is 0 Å². The molecule has 0 aromatic carbocycles. The van der Waals surface area contributed by atoms with Gasteiger partial charge in [-0.25, -0.2) is 0 Å². The Hall–Kier alpha value is -0.260. The summed E-state index contributed by atoms with van der Waals surface area (Å²) in [7, 11) is 0. The molecule has 12 bridgehead atoms. The average molecular weight is 369 g/mol. The van der Waals surface area contributed by atoms with Gasteiger partial charge in [-0.15, -0.1) is 0 Å². The molecule has 0 spiro atoms. The van der Waals surface area contributed by atoms with Gasteiger partial charge in [-0.1, -0.05) is 12.2 Å². The third-order valence-corrected chi connectivity index (χ3v) is 15.8. The van der Waals surface area contributed by atoms with Gasteiger partial charge in [-0.05, 0) is 156 Å². The number of fused-ring (bicyclic) bond motifs is 25. The smallest absolute Gasteiger partial charge is 0.0194 e.